The summed E-state index contributed by atoms with van der Waals surface area (Å²) in [6.07, 6.45) is -7.73. The molecule has 0 bridgehead atoms. The Bertz CT molecular complexity index is 418. The average molecular weight is 351 g/mol. The number of carbonyl (C=O) groups excluding carboxylic acids is 1. The van der Waals surface area contributed by atoms with Crippen molar-refractivity contribution in [3.05, 3.63) is 26.6 Å². The number of alkyl halides is 5. The molecule has 1 heterocycles. The number of rotatable bonds is 2. The minimum absolute atomic E-state index is 0.190. The standard InChI is InChI=1S/C8H3F5INO/c9-7(10)5-3(14)1-15-4(2-16)6(5)8(11,12)13/h1-2,7H. The van der Waals surface area contributed by atoms with Gasteiger partial charge in [-0.15, -0.1) is 0 Å². The molecule has 0 fully saturated rings. The van der Waals surface area contributed by atoms with Crippen molar-refractivity contribution >= 4 is 28.9 Å². The first-order chi connectivity index (χ1) is 7.29. The van der Waals surface area contributed by atoms with Gasteiger partial charge in [-0.1, -0.05) is 0 Å². The second-order valence-electron chi connectivity index (χ2n) is 2.70. The minimum atomic E-state index is -5.03. The molecule has 0 aliphatic carbocycles. The highest BCUT2D eigenvalue weighted by Gasteiger charge is 2.40. The molecule has 1 rings (SSSR count). The number of carbonyl (C=O) groups is 1. The first-order valence-electron chi connectivity index (χ1n) is 3.78. The Balaban J connectivity index is 3.62. The fraction of sp³-hybridized carbons (Fsp3) is 0.250. The Hall–Kier alpha value is -0.800. The summed E-state index contributed by atoms with van der Waals surface area (Å²) in [5.74, 6) is 0. The van der Waals surface area contributed by atoms with Crippen LogP contribution in [0.4, 0.5) is 22.0 Å². The number of aromatic nitrogens is 1. The highest BCUT2D eigenvalue weighted by molar-refractivity contribution is 14.1. The van der Waals surface area contributed by atoms with Gasteiger partial charge < -0.3 is 0 Å². The molecule has 0 saturated heterocycles. The van der Waals surface area contributed by atoms with E-state index < -0.39 is 29.4 Å². The molecule has 1 aromatic rings. The van der Waals surface area contributed by atoms with Crippen LogP contribution in [0.5, 0.6) is 0 Å². The molecule has 0 aliphatic rings. The van der Waals surface area contributed by atoms with Crippen LogP contribution in [0.3, 0.4) is 0 Å². The average Bonchev–Trinajstić information content (AvgIpc) is 2.15. The van der Waals surface area contributed by atoms with Crippen LogP contribution in [-0.2, 0) is 6.18 Å². The summed E-state index contributed by atoms with van der Waals surface area (Å²) in [4.78, 5) is 13.5. The maximum absolute atomic E-state index is 12.5. The predicted molar refractivity (Wildman–Crippen MR) is 52.3 cm³/mol. The molecule has 0 radical (unpaired) electrons. The zero-order valence-electron chi connectivity index (χ0n) is 7.36. The van der Waals surface area contributed by atoms with E-state index in [1.165, 1.54) is 22.6 Å². The van der Waals surface area contributed by atoms with Crippen LogP contribution in [-0.4, -0.2) is 11.3 Å². The molecule has 0 atom stereocenters. The van der Waals surface area contributed by atoms with E-state index in [-0.39, 0.29) is 9.86 Å². The van der Waals surface area contributed by atoms with E-state index in [9.17, 15) is 26.7 Å². The summed E-state index contributed by atoms with van der Waals surface area (Å²) in [5.41, 5.74) is -3.89. The number of pyridine rings is 1. The van der Waals surface area contributed by atoms with Crippen molar-refractivity contribution in [3.63, 3.8) is 0 Å². The molecule has 16 heavy (non-hydrogen) atoms. The van der Waals surface area contributed by atoms with E-state index in [4.69, 9.17) is 0 Å². The maximum atomic E-state index is 12.5. The summed E-state index contributed by atoms with van der Waals surface area (Å²) in [7, 11) is 0. The first-order valence-corrected chi connectivity index (χ1v) is 4.85. The Morgan fingerprint density at radius 1 is 1.38 bits per heavy atom. The molecule has 0 unspecified atom stereocenters. The fourth-order valence-electron chi connectivity index (χ4n) is 1.12. The highest BCUT2D eigenvalue weighted by Crippen LogP contribution is 2.39. The van der Waals surface area contributed by atoms with Gasteiger partial charge in [-0.05, 0) is 22.6 Å². The van der Waals surface area contributed by atoms with E-state index in [1.54, 1.807) is 0 Å². The van der Waals surface area contributed by atoms with E-state index in [0.29, 0.717) is 0 Å². The summed E-state index contributed by atoms with van der Waals surface area (Å²) in [6.45, 7) is 0. The third-order valence-electron chi connectivity index (χ3n) is 1.71. The van der Waals surface area contributed by atoms with Crippen LogP contribution in [0.2, 0.25) is 0 Å². The summed E-state index contributed by atoms with van der Waals surface area (Å²) < 4.78 is 62.1. The van der Waals surface area contributed by atoms with Crippen LogP contribution >= 0.6 is 22.6 Å². The van der Waals surface area contributed by atoms with Crippen molar-refractivity contribution in [3.8, 4) is 0 Å². The molecule has 2 nitrogen and oxygen atoms in total. The Kier molecular flexibility index (Phi) is 3.81. The van der Waals surface area contributed by atoms with E-state index in [1.807, 2.05) is 0 Å². The number of hydrogen-bond acceptors (Lipinski definition) is 2. The molecule has 0 amide bonds. The van der Waals surface area contributed by atoms with Crippen molar-refractivity contribution < 1.29 is 26.7 Å². The van der Waals surface area contributed by atoms with Crippen LogP contribution in [0.25, 0.3) is 0 Å². The van der Waals surface area contributed by atoms with E-state index >= 15 is 0 Å². The maximum Gasteiger partial charge on any atom is 0.419 e. The van der Waals surface area contributed by atoms with Crippen LogP contribution in [0.1, 0.15) is 28.0 Å². The summed E-state index contributed by atoms with van der Waals surface area (Å²) in [5, 5.41) is 0. The van der Waals surface area contributed by atoms with Crippen LogP contribution in [0, 0.1) is 3.57 Å². The lowest BCUT2D eigenvalue weighted by Gasteiger charge is -2.14. The second-order valence-corrected chi connectivity index (χ2v) is 3.86. The molecule has 8 heteroatoms. The van der Waals surface area contributed by atoms with Gasteiger partial charge >= 0.3 is 6.18 Å². The van der Waals surface area contributed by atoms with Gasteiger partial charge in [0, 0.05) is 15.3 Å². The number of hydrogen-bond donors (Lipinski definition) is 0. The predicted octanol–water partition coefficient (Wildman–Crippen LogP) is 3.46. The molecular formula is C8H3F5INO. The van der Waals surface area contributed by atoms with Crippen LogP contribution < -0.4 is 0 Å². The van der Waals surface area contributed by atoms with Crippen molar-refractivity contribution in [1.29, 1.82) is 0 Å². The lowest BCUT2D eigenvalue weighted by Crippen LogP contribution is -2.16. The lowest BCUT2D eigenvalue weighted by molar-refractivity contribution is -0.140. The van der Waals surface area contributed by atoms with Gasteiger partial charge in [0.1, 0.15) is 5.69 Å². The van der Waals surface area contributed by atoms with E-state index in [0.717, 1.165) is 6.20 Å². The molecule has 1 aromatic heterocycles. The highest BCUT2D eigenvalue weighted by atomic mass is 127. The SMILES string of the molecule is O=Cc1ncc(I)c(C(F)F)c1C(F)(F)F. The molecule has 0 saturated carbocycles. The smallest absolute Gasteiger partial charge is 0.296 e. The first kappa shape index (κ1) is 13.3. The summed E-state index contributed by atoms with van der Waals surface area (Å²) in [6, 6.07) is 0. The minimum Gasteiger partial charge on any atom is -0.296 e. The zero-order valence-corrected chi connectivity index (χ0v) is 9.51. The zero-order chi connectivity index (χ0) is 12.5. The molecule has 88 valence electrons. The summed E-state index contributed by atoms with van der Waals surface area (Å²) >= 11 is 1.32. The number of aldehydes is 1. The topological polar surface area (TPSA) is 30.0 Å². The largest absolute Gasteiger partial charge is 0.419 e. The third-order valence-corrected chi connectivity index (χ3v) is 2.57. The van der Waals surface area contributed by atoms with Gasteiger partial charge in [0.25, 0.3) is 6.43 Å². The second kappa shape index (κ2) is 4.60. The molecule has 0 aromatic carbocycles. The van der Waals surface area contributed by atoms with Gasteiger partial charge in [-0.2, -0.15) is 13.2 Å². The number of nitrogens with zero attached hydrogens (tertiary/aromatic N) is 1. The van der Waals surface area contributed by atoms with Gasteiger partial charge in [-0.3, -0.25) is 9.78 Å². The third kappa shape index (κ3) is 2.47. The Labute approximate surface area is 100.0 Å². The van der Waals surface area contributed by atoms with Gasteiger partial charge in [0.15, 0.2) is 6.29 Å². The molecular weight excluding hydrogens is 348 g/mol. The van der Waals surface area contributed by atoms with Crippen LogP contribution in [0.15, 0.2) is 6.20 Å². The van der Waals surface area contributed by atoms with Crippen molar-refractivity contribution in [2.45, 2.75) is 12.6 Å². The Morgan fingerprint density at radius 2 is 1.94 bits per heavy atom. The molecule has 0 aliphatic heterocycles. The van der Waals surface area contributed by atoms with Crippen molar-refractivity contribution in [1.82, 2.24) is 4.98 Å². The van der Waals surface area contributed by atoms with Gasteiger partial charge in [0.2, 0.25) is 0 Å². The molecule has 0 N–H and O–H groups in total. The Morgan fingerprint density at radius 3 is 2.31 bits per heavy atom. The fourth-order valence-corrected chi connectivity index (χ4v) is 1.76. The number of halogens is 6. The lowest BCUT2D eigenvalue weighted by atomic mass is 10.1. The molecule has 0 spiro atoms. The van der Waals surface area contributed by atoms with Gasteiger partial charge in [-0.25, -0.2) is 8.78 Å². The van der Waals surface area contributed by atoms with E-state index in [2.05, 4.69) is 4.98 Å². The van der Waals surface area contributed by atoms with Crippen molar-refractivity contribution in [2.75, 3.05) is 0 Å². The quantitative estimate of drug-likeness (QED) is 0.464. The normalized spacial score (nSPS) is 11.9. The monoisotopic (exact) mass is 351 g/mol. The van der Waals surface area contributed by atoms with Crippen molar-refractivity contribution in [2.24, 2.45) is 0 Å². The van der Waals surface area contributed by atoms with Gasteiger partial charge in [0.05, 0.1) is 5.56 Å².